The van der Waals surface area contributed by atoms with Crippen LogP contribution in [0.1, 0.15) is 24.8 Å². The minimum atomic E-state index is 0.374. The molecule has 1 unspecified atom stereocenters. The summed E-state index contributed by atoms with van der Waals surface area (Å²) in [5.74, 6) is 0.374. The fraction of sp³-hybridized carbons (Fsp3) is 0.250. The maximum atomic E-state index is 5.90. The molecular formula is C16H19N. The largest absolute Gasteiger partial charge is 0.330 e. The van der Waals surface area contributed by atoms with Crippen LogP contribution in [0.2, 0.25) is 0 Å². The molecule has 0 fully saturated rings. The second-order valence-electron chi connectivity index (χ2n) is 4.66. The molecule has 1 heteroatoms. The minimum Gasteiger partial charge on any atom is -0.330 e. The lowest BCUT2D eigenvalue weighted by Crippen LogP contribution is -2.13. The van der Waals surface area contributed by atoms with Gasteiger partial charge in [0.2, 0.25) is 0 Å². The Bertz CT molecular complexity index is 523. The van der Waals surface area contributed by atoms with E-state index in [1.54, 1.807) is 0 Å². The van der Waals surface area contributed by atoms with Crippen LogP contribution in [0.25, 0.3) is 10.8 Å². The van der Waals surface area contributed by atoms with Crippen LogP contribution < -0.4 is 5.73 Å². The Labute approximate surface area is 103 Å². The Morgan fingerprint density at radius 3 is 2.59 bits per heavy atom. The smallest absolute Gasteiger partial charge is 0.000427 e. The highest BCUT2D eigenvalue weighted by Gasteiger charge is 2.12. The number of nitrogens with two attached hydrogens (primary N) is 1. The van der Waals surface area contributed by atoms with Gasteiger partial charge in [-0.2, -0.15) is 0 Å². The van der Waals surface area contributed by atoms with Gasteiger partial charge >= 0.3 is 0 Å². The van der Waals surface area contributed by atoms with Crippen molar-refractivity contribution in [1.82, 2.24) is 0 Å². The van der Waals surface area contributed by atoms with Gasteiger partial charge in [-0.3, -0.25) is 0 Å². The van der Waals surface area contributed by atoms with Crippen molar-refractivity contribution in [3.63, 3.8) is 0 Å². The summed E-state index contributed by atoms with van der Waals surface area (Å²) >= 11 is 0. The quantitative estimate of drug-likeness (QED) is 0.786. The highest BCUT2D eigenvalue weighted by molar-refractivity contribution is 5.86. The van der Waals surface area contributed by atoms with Gasteiger partial charge in [0.15, 0.2) is 0 Å². The SMILES string of the molecule is C=C(C)CC(CN)c1cccc2ccccc12. The van der Waals surface area contributed by atoms with Crippen molar-refractivity contribution in [2.75, 3.05) is 6.54 Å². The highest BCUT2D eigenvalue weighted by Crippen LogP contribution is 2.28. The van der Waals surface area contributed by atoms with E-state index in [2.05, 4.69) is 56.0 Å². The maximum absolute atomic E-state index is 5.90. The first-order valence-corrected chi connectivity index (χ1v) is 6.04. The molecule has 2 aromatic carbocycles. The normalized spacial score (nSPS) is 12.6. The third-order valence-electron chi connectivity index (χ3n) is 3.14. The summed E-state index contributed by atoms with van der Waals surface area (Å²) in [6, 6.07) is 14.9. The van der Waals surface area contributed by atoms with Gasteiger partial charge in [0.1, 0.15) is 0 Å². The van der Waals surface area contributed by atoms with Gasteiger partial charge in [0.25, 0.3) is 0 Å². The van der Waals surface area contributed by atoms with E-state index in [0.717, 1.165) is 6.42 Å². The Morgan fingerprint density at radius 2 is 1.88 bits per heavy atom. The van der Waals surface area contributed by atoms with Gasteiger partial charge in [-0.25, -0.2) is 0 Å². The summed E-state index contributed by atoms with van der Waals surface area (Å²) in [6.07, 6.45) is 0.963. The molecule has 0 aliphatic rings. The maximum Gasteiger partial charge on any atom is 0.000427 e. The van der Waals surface area contributed by atoms with Gasteiger partial charge in [0.05, 0.1) is 0 Å². The number of rotatable bonds is 4. The first-order valence-electron chi connectivity index (χ1n) is 6.04. The average molecular weight is 225 g/mol. The van der Waals surface area contributed by atoms with Crippen molar-refractivity contribution in [3.8, 4) is 0 Å². The van der Waals surface area contributed by atoms with E-state index in [-0.39, 0.29) is 0 Å². The zero-order chi connectivity index (χ0) is 12.3. The van der Waals surface area contributed by atoms with Crippen LogP contribution in [0.15, 0.2) is 54.6 Å². The van der Waals surface area contributed by atoms with Crippen molar-refractivity contribution in [2.24, 2.45) is 5.73 Å². The number of hydrogen-bond acceptors (Lipinski definition) is 1. The molecule has 2 aromatic rings. The van der Waals surface area contributed by atoms with Gasteiger partial charge in [0, 0.05) is 5.92 Å². The Kier molecular flexibility index (Phi) is 3.60. The zero-order valence-electron chi connectivity index (χ0n) is 10.3. The molecule has 1 atom stereocenters. The number of fused-ring (bicyclic) bond motifs is 1. The predicted octanol–water partition coefficient (Wildman–Crippen LogP) is 3.85. The van der Waals surface area contributed by atoms with Crippen LogP contribution in [0, 0.1) is 0 Å². The van der Waals surface area contributed by atoms with Crippen molar-refractivity contribution >= 4 is 10.8 Å². The molecule has 2 N–H and O–H groups in total. The minimum absolute atomic E-state index is 0.374. The van der Waals surface area contributed by atoms with E-state index < -0.39 is 0 Å². The van der Waals surface area contributed by atoms with Gasteiger partial charge in [-0.15, -0.1) is 6.58 Å². The molecule has 0 amide bonds. The number of benzene rings is 2. The molecule has 0 saturated heterocycles. The Morgan fingerprint density at radius 1 is 1.18 bits per heavy atom. The lowest BCUT2D eigenvalue weighted by molar-refractivity contribution is 0.696. The molecule has 0 aromatic heterocycles. The second-order valence-corrected chi connectivity index (χ2v) is 4.66. The average Bonchev–Trinajstić information content (AvgIpc) is 2.35. The molecule has 0 bridgehead atoms. The van der Waals surface area contributed by atoms with E-state index in [0.29, 0.717) is 12.5 Å². The highest BCUT2D eigenvalue weighted by atomic mass is 14.5. The summed E-state index contributed by atoms with van der Waals surface area (Å²) in [6.45, 7) is 6.72. The molecule has 0 aliphatic carbocycles. The van der Waals surface area contributed by atoms with Gasteiger partial charge in [-0.05, 0) is 36.2 Å². The molecule has 1 nitrogen and oxygen atoms in total. The lowest BCUT2D eigenvalue weighted by atomic mass is 9.89. The molecule has 0 saturated carbocycles. The van der Waals surface area contributed by atoms with Crippen LogP contribution in [0.3, 0.4) is 0 Å². The first-order chi connectivity index (χ1) is 8.22. The van der Waals surface area contributed by atoms with E-state index >= 15 is 0 Å². The summed E-state index contributed by atoms with van der Waals surface area (Å²) in [5.41, 5.74) is 8.43. The van der Waals surface area contributed by atoms with Gasteiger partial charge < -0.3 is 5.73 Å². The monoisotopic (exact) mass is 225 g/mol. The summed E-state index contributed by atoms with van der Waals surface area (Å²) in [5, 5.41) is 2.59. The first kappa shape index (κ1) is 11.9. The molecule has 17 heavy (non-hydrogen) atoms. The van der Waals surface area contributed by atoms with E-state index in [1.807, 2.05) is 0 Å². The molecule has 88 valence electrons. The summed E-state index contributed by atoms with van der Waals surface area (Å²) < 4.78 is 0. The van der Waals surface area contributed by atoms with Crippen LogP contribution in [0.5, 0.6) is 0 Å². The molecule has 0 spiro atoms. The van der Waals surface area contributed by atoms with Crippen LogP contribution in [0.4, 0.5) is 0 Å². The van der Waals surface area contributed by atoms with E-state index in [9.17, 15) is 0 Å². The van der Waals surface area contributed by atoms with Crippen LogP contribution >= 0.6 is 0 Å². The third-order valence-corrected chi connectivity index (χ3v) is 3.14. The van der Waals surface area contributed by atoms with Crippen LogP contribution in [-0.4, -0.2) is 6.54 Å². The number of allylic oxidation sites excluding steroid dienone is 1. The number of hydrogen-bond donors (Lipinski definition) is 1. The molecule has 2 rings (SSSR count). The molecular weight excluding hydrogens is 206 g/mol. The summed E-state index contributed by atoms with van der Waals surface area (Å²) in [4.78, 5) is 0. The third kappa shape index (κ3) is 2.56. The fourth-order valence-corrected chi connectivity index (χ4v) is 2.35. The second kappa shape index (κ2) is 5.15. The zero-order valence-corrected chi connectivity index (χ0v) is 10.3. The standard InChI is InChI=1S/C16H19N/c1-12(2)10-14(11-17)16-9-5-7-13-6-3-4-8-15(13)16/h3-9,14H,1,10-11,17H2,2H3. The van der Waals surface area contributed by atoms with Crippen molar-refractivity contribution < 1.29 is 0 Å². The molecule has 0 aliphatic heterocycles. The van der Waals surface area contributed by atoms with Crippen LogP contribution in [-0.2, 0) is 0 Å². The van der Waals surface area contributed by atoms with Crippen molar-refractivity contribution in [1.29, 1.82) is 0 Å². The van der Waals surface area contributed by atoms with E-state index in [1.165, 1.54) is 21.9 Å². The fourth-order valence-electron chi connectivity index (χ4n) is 2.35. The Hall–Kier alpha value is -1.60. The van der Waals surface area contributed by atoms with E-state index in [4.69, 9.17) is 5.73 Å². The topological polar surface area (TPSA) is 26.0 Å². The Balaban J connectivity index is 2.49. The van der Waals surface area contributed by atoms with Gasteiger partial charge in [-0.1, -0.05) is 48.0 Å². The lowest BCUT2D eigenvalue weighted by Gasteiger charge is -2.17. The predicted molar refractivity (Wildman–Crippen MR) is 75.2 cm³/mol. The van der Waals surface area contributed by atoms with Crippen molar-refractivity contribution in [3.05, 3.63) is 60.2 Å². The molecule has 0 radical (unpaired) electrons. The molecule has 0 heterocycles. The summed E-state index contributed by atoms with van der Waals surface area (Å²) in [7, 11) is 0. The van der Waals surface area contributed by atoms with Crippen molar-refractivity contribution in [2.45, 2.75) is 19.3 Å².